The van der Waals surface area contributed by atoms with Crippen LogP contribution in [0.3, 0.4) is 0 Å². The Kier molecular flexibility index (Phi) is 3.06. The minimum atomic E-state index is -1.31. The second kappa shape index (κ2) is 4.90. The van der Waals surface area contributed by atoms with Crippen molar-refractivity contribution in [3.63, 3.8) is 0 Å². The molecule has 3 rings (SSSR count). The van der Waals surface area contributed by atoms with E-state index in [0.29, 0.717) is 11.8 Å². The Balaban J connectivity index is 2.38. The first-order valence-electron chi connectivity index (χ1n) is 6.01. The minimum absolute atomic E-state index is 0.0620. The van der Waals surface area contributed by atoms with Crippen molar-refractivity contribution in [2.45, 2.75) is 0 Å². The van der Waals surface area contributed by atoms with Gasteiger partial charge in [-0.25, -0.2) is 18.6 Å². The van der Waals surface area contributed by atoms with Gasteiger partial charge in [0.25, 0.3) is 0 Å². The molecule has 0 radical (unpaired) electrons. The molecule has 0 saturated carbocycles. The lowest BCUT2D eigenvalue weighted by Crippen LogP contribution is -2.03. The predicted octanol–water partition coefficient (Wildman–Crippen LogP) is 3.27. The summed E-state index contributed by atoms with van der Waals surface area (Å²) in [5.41, 5.74) is 0.322. The molecule has 1 N–H and O–H groups in total. The van der Waals surface area contributed by atoms with E-state index >= 15 is 0 Å². The van der Waals surface area contributed by atoms with Gasteiger partial charge < -0.3 is 5.11 Å². The first-order valence-corrected chi connectivity index (χ1v) is 6.01. The number of pyridine rings is 2. The van der Waals surface area contributed by atoms with Gasteiger partial charge in [0.05, 0.1) is 27.9 Å². The summed E-state index contributed by atoms with van der Waals surface area (Å²) >= 11 is 0. The number of benzene rings is 1. The molecular formula is C15H8F2N2O2. The van der Waals surface area contributed by atoms with Gasteiger partial charge in [0.1, 0.15) is 11.6 Å². The van der Waals surface area contributed by atoms with Crippen LogP contribution >= 0.6 is 0 Å². The minimum Gasteiger partial charge on any atom is -0.478 e. The number of fused-ring (bicyclic) bond motifs is 1. The normalized spacial score (nSPS) is 10.8. The second-order valence-electron chi connectivity index (χ2n) is 4.36. The SMILES string of the molecule is O=C(O)c1cc(-c2ccccn2)nc2cc(F)cc(F)c12. The highest BCUT2D eigenvalue weighted by atomic mass is 19.1. The molecule has 0 spiro atoms. The molecule has 104 valence electrons. The summed E-state index contributed by atoms with van der Waals surface area (Å²) in [7, 11) is 0. The Hall–Kier alpha value is -2.89. The largest absolute Gasteiger partial charge is 0.478 e. The fraction of sp³-hybridized carbons (Fsp3) is 0. The van der Waals surface area contributed by atoms with E-state index in [1.807, 2.05) is 0 Å². The number of carboxylic acid groups (broad SMARTS) is 1. The Morgan fingerprint density at radius 2 is 1.90 bits per heavy atom. The van der Waals surface area contributed by atoms with E-state index in [1.165, 1.54) is 12.3 Å². The van der Waals surface area contributed by atoms with E-state index in [9.17, 15) is 18.7 Å². The summed E-state index contributed by atoms with van der Waals surface area (Å²) in [6, 6.07) is 7.90. The van der Waals surface area contributed by atoms with Gasteiger partial charge in [0.15, 0.2) is 0 Å². The summed E-state index contributed by atoms with van der Waals surface area (Å²) in [6.45, 7) is 0. The molecule has 0 amide bonds. The summed E-state index contributed by atoms with van der Waals surface area (Å²) in [5, 5.41) is 9.02. The number of aromatic nitrogens is 2. The number of hydrogen-bond acceptors (Lipinski definition) is 3. The molecule has 6 heteroatoms. The quantitative estimate of drug-likeness (QED) is 0.785. The van der Waals surface area contributed by atoms with Crippen LogP contribution in [0, 0.1) is 11.6 Å². The van der Waals surface area contributed by atoms with Gasteiger partial charge in [-0.3, -0.25) is 4.98 Å². The molecule has 0 aliphatic heterocycles. The van der Waals surface area contributed by atoms with Crippen LogP contribution < -0.4 is 0 Å². The van der Waals surface area contributed by atoms with Crippen molar-refractivity contribution in [3.8, 4) is 11.4 Å². The number of carbonyl (C=O) groups is 1. The molecule has 3 aromatic rings. The van der Waals surface area contributed by atoms with Crippen molar-refractivity contribution in [1.82, 2.24) is 9.97 Å². The van der Waals surface area contributed by atoms with Crippen molar-refractivity contribution in [2.24, 2.45) is 0 Å². The van der Waals surface area contributed by atoms with Crippen molar-refractivity contribution in [2.75, 3.05) is 0 Å². The first kappa shape index (κ1) is 13.1. The Morgan fingerprint density at radius 1 is 1.10 bits per heavy atom. The highest BCUT2D eigenvalue weighted by Crippen LogP contribution is 2.26. The van der Waals surface area contributed by atoms with Crippen LogP contribution in [0.5, 0.6) is 0 Å². The van der Waals surface area contributed by atoms with E-state index in [1.54, 1.807) is 18.2 Å². The maximum Gasteiger partial charge on any atom is 0.336 e. The summed E-state index contributed by atoms with van der Waals surface area (Å²) in [5.74, 6) is -3.09. The van der Waals surface area contributed by atoms with Gasteiger partial charge >= 0.3 is 5.97 Å². The zero-order chi connectivity index (χ0) is 15.0. The third-order valence-electron chi connectivity index (χ3n) is 2.98. The Labute approximate surface area is 117 Å². The highest BCUT2D eigenvalue weighted by Gasteiger charge is 2.17. The number of carboxylic acids is 1. The fourth-order valence-corrected chi connectivity index (χ4v) is 2.10. The summed E-state index contributed by atoms with van der Waals surface area (Å²) in [6.07, 6.45) is 1.52. The molecule has 0 saturated heterocycles. The van der Waals surface area contributed by atoms with Gasteiger partial charge in [-0.05, 0) is 18.2 Å². The summed E-state index contributed by atoms with van der Waals surface area (Å²) in [4.78, 5) is 19.5. The van der Waals surface area contributed by atoms with E-state index in [0.717, 1.165) is 6.07 Å². The highest BCUT2D eigenvalue weighted by molar-refractivity contribution is 6.03. The average molecular weight is 286 g/mol. The molecule has 0 aliphatic carbocycles. The number of rotatable bonds is 2. The fourth-order valence-electron chi connectivity index (χ4n) is 2.10. The van der Waals surface area contributed by atoms with Gasteiger partial charge in [0.2, 0.25) is 0 Å². The number of nitrogens with zero attached hydrogens (tertiary/aromatic N) is 2. The maximum atomic E-state index is 13.8. The molecule has 0 bridgehead atoms. The number of halogens is 2. The number of aromatic carboxylic acids is 1. The van der Waals surface area contributed by atoms with Crippen molar-refractivity contribution in [1.29, 1.82) is 0 Å². The molecule has 4 nitrogen and oxygen atoms in total. The Bertz CT molecular complexity index is 851. The second-order valence-corrected chi connectivity index (χ2v) is 4.36. The monoisotopic (exact) mass is 286 g/mol. The maximum absolute atomic E-state index is 13.8. The lowest BCUT2D eigenvalue weighted by Gasteiger charge is -2.07. The van der Waals surface area contributed by atoms with Crippen LogP contribution in [0.25, 0.3) is 22.3 Å². The molecule has 0 fully saturated rings. The van der Waals surface area contributed by atoms with Crippen LogP contribution in [0.15, 0.2) is 42.6 Å². The standard InChI is InChI=1S/C15H8F2N2O2/c16-8-5-10(17)14-9(15(20)21)7-12(19-13(14)6-8)11-3-1-2-4-18-11/h1-7H,(H,20,21). The van der Waals surface area contributed by atoms with E-state index < -0.39 is 17.6 Å². The van der Waals surface area contributed by atoms with E-state index in [4.69, 9.17) is 0 Å². The van der Waals surface area contributed by atoms with Crippen molar-refractivity contribution in [3.05, 3.63) is 59.8 Å². The molecular weight excluding hydrogens is 278 g/mol. The topological polar surface area (TPSA) is 63.1 Å². The zero-order valence-corrected chi connectivity index (χ0v) is 10.5. The van der Waals surface area contributed by atoms with Gasteiger partial charge in [-0.2, -0.15) is 0 Å². The molecule has 0 atom stereocenters. The molecule has 2 aromatic heterocycles. The van der Waals surface area contributed by atoms with Gasteiger partial charge in [0, 0.05) is 18.3 Å². The molecule has 2 heterocycles. The predicted molar refractivity (Wildman–Crippen MR) is 71.8 cm³/mol. The van der Waals surface area contributed by atoms with Crippen LogP contribution in [0.1, 0.15) is 10.4 Å². The number of hydrogen-bond donors (Lipinski definition) is 1. The average Bonchev–Trinajstić information content (AvgIpc) is 2.46. The van der Waals surface area contributed by atoms with Crippen molar-refractivity contribution < 1.29 is 18.7 Å². The van der Waals surface area contributed by atoms with Crippen LogP contribution in [-0.4, -0.2) is 21.0 Å². The van der Waals surface area contributed by atoms with E-state index in [-0.39, 0.29) is 22.2 Å². The Morgan fingerprint density at radius 3 is 2.57 bits per heavy atom. The van der Waals surface area contributed by atoms with Crippen LogP contribution in [-0.2, 0) is 0 Å². The van der Waals surface area contributed by atoms with E-state index in [2.05, 4.69) is 9.97 Å². The smallest absolute Gasteiger partial charge is 0.336 e. The molecule has 1 aromatic carbocycles. The molecule has 21 heavy (non-hydrogen) atoms. The lowest BCUT2D eigenvalue weighted by atomic mass is 10.1. The third kappa shape index (κ3) is 2.31. The summed E-state index contributed by atoms with van der Waals surface area (Å²) < 4.78 is 27.2. The van der Waals surface area contributed by atoms with Gasteiger partial charge in [-0.15, -0.1) is 0 Å². The zero-order valence-electron chi connectivity index (χ0n) is 10.5. The third-order valence-corrected chi connectivity index (χ3v) is 2.98. The molecule has 0 unspecified atom stereocenters. The van der Waals surface area contributed by atoms with Crippen LogP contribution in [0.4, 0.5) is 8.78 Å². The lowest BCUT2D eigenvalue weighted by molar-refractivity contribution is 0.0698. The van der Waals surface area contributed by atoms with Crippen LogP contribution in [0.2, 0.25) is 0 Å². The van der Waals surface area contributed by atoms with Gasteiger partial charge in [-0.1, -0.05) is 6.07 Å². The first-order chi connectivity index (χ1) is 10.1. The van der Waals surface area contributed by atoms with Crippen molar-refractivity contribution >= 4 is 16.9 Å². The molecule has 0 aliphatic rings.